The molecule has 0 radical (unpaired) electrons. The first-order chi connectivity index (χ1) is 30.7. The number of hydrogen-bond donors (Lipinski definition) is 0. The third kappa shape index (κ3) is 5.27. The molecule has 0 aliphatic rings. The Labute approximate surface area is 357 Å². The van der Waals surface area contributed by atoms with Gasteiger partial charge in [0.25, 0.3) is 0 Å². The zero-order chi connectivity index (χ0) is 40.7. The van der Waals surface area contributed by atoms with Crippen molar-refractivity contribution < 1.29 is 0 Å². The Balaban J connectivity index is 0.937. The van der Waals surface area contributed by atoms with Crippen molar-refractivity contribution in [3.8, 4) is 45.1 Å². The van der Waals surface area contributed by atoms with Gasteiger partial charge in [0.2, 0.25) is 5.95 Å². The molecule has 0 amide bonds. The molecule has 62 heavy (non-hydrogen) atoms. The summed E-state index contributed by atoms with van der Waals surface area (Å²) in [6.45, 7) is 0. The standard InChI is InChI=1S/C58H36N4/c1-3-15-37(16-4-1)57-47-22-9-12-24-51(47)59-58(60-57)62-52-25-13-10-20-45(52)50-35-41(31-32-54(50)62)39-27-28-40-34-42(30-29-38(40)33-39)49-36-55-56(46-21-8-7-19-44(46)49)48-23-11-14-26-53(48)61(55)43-17-5-2-6-18-43/h1-36H. The van der Waals surface area contributed by atoms with E-state index in [0.717, 1.165) is 38.9 Å². The molecular formula is C58H36N4. The lowest BCUT2D eigenvalue weighted by Crippen LogP contribution is -2.03. The predicted molar refractivity (Wildman–Crippen MR) is 260 cm³/mol. The van der Waals surface area contributed by atoms with Gasteiger partial charge in [0.1, 0.15) is 0 Å². The maximum absolute atomic E-state index is 5.27. The van der Waals surface area contributed by atoms with Crippen molar-refractivity contribution in [2.24, 2.45) is 0 Å². The first kappa shape index (κ1) is 34.5. The molecule has 0 saturated carbocycles. The molecule has 0 spiro atoms. The van der Waals surface area contributed by atoms with Gasteiger partial charge < -0.3 is 4.57 Å². The highest BCUT2D eigenvalue weighted by atomic mass is 15.2. The zero-order valence-corrected chi connectivity index (χ0v) is 33.6. The van der Waals surface area contributed by atoms with Crippen molar-refractivity contribution >= 4 is 76.1 Å². The van der Waals surface area contributed by atoms with Crippen LogP contribution < -0.4 is 0 Å². The third-order valence-electron chi connectivity index (χ3n) is 12.7. The van der Waals surface area contributed by atoms with Crippen LogP contribution >= 0.6 is 0 Å². The minimum atomic E-state index is 0.663. The van der Waals surface area contributed by atoms with Crippen molar-refractivity contribution in [3.63, 3.8) is 0 Å². The van der Waals surface area contributed by atoms with Gasteiger partial charge in [-0.1, -0.05) is 158 Å². The average Bonchev–Trinajstić information content (AvgIpc) is 3.86. The Bertz CT molecular complexity index is 3920. The van der Waals surface area contributed by atoms with Crippen LogP contribution in [0.25, 0.3) is 121 Å². The van der Waals surface area contributed by atoms with E-state index in [0.29, 0.717) is 5.95 Å². The molecule has 0 bridgehead atoms. The average molecular weight is 789 g/mol. The first-order valence-electron chi connectivity index (χ1n) is 21.2. The summed E-state index contributed by atoms with van der Waals surface area (Å²) < 4.78 is 4.63. The summed E-state index contributed by atoms with van der Waals surface area (Å²) in [5.74, 6) is 0.663. The number of fused-ring (bicyclic) bond motifs is 10. The minimum absolute atomic E-state index is 0.663. The van der Waals surface area contributed by atoms with Gasteiger partial charge in [-0.2, -0.15) is 0 Å². The lowest BCUT2D eigenvalue weighted by atomic mass is 9.92. The smallest absolute Gasteiger partial charge is 0.235 e. The van der Waals surface area contributed by atoms with E-state index in [2.05, 4.69) is 215 Å². The maximum atomic E-state index is 5.27. The molecule has 0 atom stereocenters. The number of nitrogens with zero attached hydrogens (tertiary/aromatic N) is 4. The monoisotopic (exact) mass is 788 g/mol. The van der Waals surface area contributed by atoms with Crippen LogP contribution in [0.3, 0.4) is 0 Å². The highest BCUT2D eigenvalue weighted by molar-refractivity contribution is 6.24. The highest BCUT2D eigenvalue weighted by Crippen LogP contribution is 2.43. The van der Waals surface area contributed by atoms with E-state index in [4.69, 9.17) is 9.97 Å². The summed E-state index contributed by atoms with van der Waals surface area (Å²) in [5, 5.41) is 10.9. The summed E-state index contributed by atoms with van der Waals surface area (Å²) in [7, 11) is 0. The Morgan fingerprint density at radius 1 is 0.306 bits per heavy atom. The fourth-order valence-corrected chi connectivity index (χ4v) is 9.87. The van der Waals surface area contributed by atoms with Crippen LogP contribution in [-0.2, 0) is 0 Å². The second-order valence-corrected chi connectivity index (χ2v) is 16.2. The molecule has 3 aromatic heterocycles. The summed E-state index contributed by atoms with van der Waals surface area (Å²) >= 11 is 0. The minimum Gasteiger partial charge on any atom is -0.309 e. The topological polar surface area (TPSA) is 35.6 Å². The quantitative estimate of drug-likeness (QED) is 0.174. The number of aromatic nitrogens is 4. The number of rotatable bonds is 5. The van der Waals surface area contributed by atoms with Crippen LogP contribution in [-0.4, -0.2) is 19.1 Å². The second-order valence-electron chi connectivity index (χ2n) is 16.2. The van der Waals surface area contributed by atoms with Gasteiger partial charge in [0.05, 0.1) is 33.3 Å². The van der Waals surface area contributed by atoms with Crippen molar-refractivity contribution in [2.45, 2.75) is 0 Å². The SMILES string of the molecule is c1ccc(-c2nc(-n3c4ccccc4c4cc(-c5ccc6cc(-c7cc8c(c9ccccc79)c7ccccc7n8-c7ccccc7)ccc6c5)ccc43)nc3ccccc23)cc1. The number of para-hydroxylation sites is 4. The Hall–Kier alpha value is -8.34. The number of hydrogen-bond acceptors (Lipinski definition) is 2. The van der Waals surface area contributed by atoms with E-state index in [1.165, 1.54) is 76.4 Å². The van der Waals surface area contributed by atoms with Gasteiger partial charge in [-0.3, -0.25) is 4.57 Å². The van der Waals surface area contributed by atoms with Gasteiger partial charge in [-0.25, -0.2) is 9.97 Å². The lowest BCUT2D eigenvalue weighted by molar-refractivity contribution is 1.01. The Kier molecular flexibility index (Phi) is 7.57. The van der Waals surface area contributed by atoms with Crippen molar-refractivity contribution in [2.75, 3.05) is 0 Å². The lowest BCUT2D eigenvalue weighted by Gasteiger charge is -2.13. The van der Waals surface area contributed by atoms with Crippen LogP contribution in [0.4, 0.5) is 0 Å². The van der Waals surface area contributed by atoms with Crippen LogP contribution in [0.5, 0.6) is 0 Å². The summed E-state index contributed by atoms with van der Waals surface area (Å²) in [6, 6.07) is 78.7. The zero-order valence-electron chi connectivity index (χ0n) is 33.6. The molecule has 0 aliphatic heterocycles. The van der Waals surface area contributed by atoms with E-state index in [1.54, 1.807) is 0 Å². The molecular weight excluding hydrogens is 753 g/mol. The van der Waals surface area contributed by atoms with Crippen LogP contribution in [0.2, 0.25) is 0 Å². The van der Waals surface area contributed by atoms with Crippen molar-refractivity contribution in [1.29, 1.82) is 0 Å². The van der Waals surface area contributed by atoms with Crippen molar-refractivity contribution in [3.05, 3.63) is 218 Å². The Morgan fingerprint density at radius 2 is 0.871 bits per heavy atom. The molecule has 0 aliphatic carbocycles. The fourth-order valence-electron chi connectivity index (χ4n) is 9.87. The summed E-state index contributed by atoms with van der Waals surface area (Å²) in [6.07, 6.45) is 0. The molecule has 0 unspecified atom stereocenters. The molecule has 0 fully saturated rings. The molecule has 10 aromatic carbocycles. The second kappa shape index (κ2) is 13.6. The van der Waals surface area contributed by atoms with Gasteiger partial charge in [0, 0.05) is 38.2 Å². The van der Waals surface area contributed by atoms with E-state index >= 15 is 0 Å². The highest BCUT2D eigenvalue weighted by Gasteiger charge is 2.20. The van der Waals surface area contributed by atoms with Gasteiger partial charge in [-0.05, 0) is 104 Å². The van der Waals surface area contributed by atoms with E-state index in [1.807, 2.05) is 12.1 Å². The molecule has 4 heteroatoms. The number of benzene rings is 10. The van der Waals surface area contributed by atoms with Gasteiger partial charge in [-0.15, -0.1) is 0 Å². The Morgan fingerprint density at radius 3 is 1.66 bits per heavy atom. The van der Waals surface area contributed by atoms with E-state index in [9.17, 15) is 0 Å². The molecule has 3 heterocycles. The summed E-state index contributed by atoms with van der Waals surface area (Å²) in [5.41, 5.74) is 13.4. The van der Waals surface area contributed by atoms with Crippen LogP contribution in [0.1, 0.15) is 0 Å². The first-order valence-corrected chi connectivity index (χ1v) is 21.2. The normalized spacial score (nSPS) is 11.9. The van der Waals surface area contributed by atoms with Crippen molar-refractivity contribution in [1.82, 2.24) is 19.1 Å². The molecule has 288 valence electrons. The van der Waals surface area contributed by atoms with E-state index in [-0.39, 0.29) is 0 Å². The molecule has 0 saturated heterocycles. The maximum Gasteiger partial charge on any atom is 0.235 e. The third-order valence-corrected chi connectivity index (χ3v) is 12.7. The molecule has 4 nitrogen and oxygen atoms in total. The van der Waals surface area contributed by atoms with Crippen LogP contribution in [0, 0.1) is 0 Å². The predicted octanol–water partition coefficient (Wildman–Crippen LogP) is 15.1. The largest absolute Gasteiger partial charge is 0.309 e. The van der Waals surface area contributed by atoms with Gasteiger partial charge >= 0.3 is 0 Å². The van der Waals surface area contributed by atoms with Gasteiger partial charge in [0.15, 0.2) is 0 Å². The molecule has 13 aromatic rings. The van der Waals surface area contributed by atoms with E-state index < -0.39 is 0 Å². The summed E-state index contributed by atoms with van der Waals surface area (Å²) in [4.78, 5) is 10.4. The molecule has 0 N–H and O–H groups in total. The molecule has 13 rings (SSSR count). The fraction of sp³-hybridized carbons (Fsp3) is 0. The van der Waals surface area contributed by atoms with Crippen LogP contribution in [0.15, 0.2) is 218 Å².